The van der Waals surface area contributed by atoms with E-state index in [1.54, 1.807) is 37.5 Å². The number of halogens is 3. The summed E-state index contributed by atoms with van der Waals surface area (Å²) in [6.07, 6.45) is 1.08. The predicted molar refractivity (Wildman–Crippen MR) is 145 cm³/mol. The fourth-order valence-electron chi connectivity index (χ4n) is 4.27. The maximum atomic E-state index is 13.5. The maximum absolute atomic E-state index is 13.5. The van der Waals surface area contributed by atoms with E-state index < -0.39 is 23.4 Å². The molecule has 0 aromatic heterocycles. The van der Waals surface area contributed by atoms with Crippen molar-refractivity contribution in [3.05, 3.63) is 83.7 Å². The zero-order valence-corrected chi connectivity index (χ0v) is 22.8. The second-order valence-electron chi connectivity index (χ2n) is 9.18. The van der Waals surface area contributed by atoms with Crippen molar-refractivity contribution >= 4 is 11.8 Å². The fourth-order valence-corrected chi connectivity index (χ4v) is 4.27. The molecule has 2 aromatic carbocycles. The number of benzene rings is 2. The van der Waals surface area contributed by atoms with Gasteiger partial charge in [0.15, 0.2) is 0 Å². The number of nitrogens with two attached hydrogens (primary N) is 1. The SMILES string of the molecule is C/C=C\C=C(/N)N(CC)CCNC(=O)C1(Oc2ccc(C(F)(F)F)cc2)CCN1C(=O)Cc1ccc(OC)cc1. The lowest BCUT2D eigenvalue weighted by Crippen LogP contribution is -2.72. The number of likely N-dealkylation sites (tertiary alicyclic amines) is 1. The van der Waals surface area contributed by atoms with E-state index in [-0.39, 0.29) is 37.6 Å². The molecule has 0 aliphatic carbocycles. The number of nitrogens with one attached hydrogen (secondary N) is 1. The van der Waals surface area contributed by atoms with Crippen LogP contribution < -0.4 is 20.5 Å². The van der Waals surface area contributed by atoms with E-state index in [1.165, 1.54) is 4.90 Å². The number of hydrogen-bond acceptors (Lipinski definition) is 6. The maximum Gasteiger partial charge on any atom is 0.416 e. The van der Waals surface area contributed by atoms with Crippen molar-refractivity contribution in [3.8, 4) is 11.5 Å². The summed E-state index contributed by atoms with van der Waals surface area (Å²) in [6.45, 7) is 5.27. The highest BCUT2D eigenvalue weighted by molar-refractivity contribution is 5.93. The zero-order chi connectivity index (χ0) is 29.3. The van der Waals surface area contributed by atoms with Crippen LogP contribution in [0.3, 0.4) is 0 Å². The van der Waals surface area contributed by atoms with Crippen LogP contribution in [0, 0.1) is 0 Å². The number of likely N-dealkylation sites (N-methyl/N-ethyl adjacent to an activating group) is 1. The monoisotopic (exact) mass is 560 g/mol. The Morgan fingerprint density at radius 1 is 1.12 bits per heavy atom. The lowest BCUT2D eigenvalue weighted by molar-refractivity contribution is -0.191. The molecule has 3 rings (SSSR count). The largest absolute Gasteiger partial charge is 0.497 e. The summed E-state index contributed by atoms with van der Waals surface area (Å²) in [4.78, 5) is 30.0. The van der Waals surface area contributed by atoms with Gasteiger partial charge in [0.05, 0.1) is 24.9 Å². The number of alkyl halides is 3. The van der Waals surface area contributed by atoms with E-state index in [0.29, 0.717) is 30.2 Å². The predicted octanol–water partition coefficient (Wildman–Crippen LogP) is 4.08. The first-order chi connectivity index (χ1) is 19.0. The first-order valence-electron chi connectivity index (χ1n) is 13.0. The quantitative estimate of drug-likeness (QED) is 0.380. The molecule has 1 atom stereocenters. The van der Waals surface area contributed by atoms with Crippen molar-refractivity contribution < 1.29 is 32.2 Å². The number of rotatable bonds is 12. The standard InChI is InChI=1S/C29H35F3N4O4/c1-4-6-7-25(33)35(5-2)19-17-34-27(38)28(40-24-14-10-22(11-15-24)29(30,31)32)16-18-36(28)26(37)20-21-8-12-23(39-3)13-9-21/h4,6-15H,5,16-20,33H2,1-3H3,(H,34,38)/b6-4-,25-7+. The van der Waals surface area contributed by atoms with Gasteiger partial charge in [-0.05, 0) is 61.9 Å². The number of carbonyl (C=O) groups excluding carboxylic acids is 2. The van der Waals surface area contributed by atoms with Crippen molar-refractivity contribution in [2.75, 3.05) is 33.3 Å². The lowest BCUT2D eigenvalue weighted by atomic mass is 9.94. The molecular formula is C29H35F3N4O4. The van der Waals surface area contributed by atoms with Gasteiger partial charge in [0.1, 0.15) is 11.5 Å². The van der Waals surface area contributed by atoms with Gasteiger partial charge in [-0.1, -0.05) is 24.3 Å². The summed E-state index contributed by atoms with van der Waals surface area (Å²) in [5.74, 6) is 0.298. The van der Waals surface area contributed by atoms with Gasteiger partial charge < -0.3 is 25.4 Å². The third kappa shape index (κ3) is 7.28. The van der Waals surface area contributed by atoms with E-state index in [2.05, 4.69) is 5.32 Å². The molecule has 1 aliphatic heterocycles. The van der Waals surface area contributed by atoms with Crippen molar-refractivity contribution in [1.29, 1.82) is 0 Å². The molecule has 1 unspecified atom stereocenters. The van der Waals surface area contributed by atoms with Gasteiger partial charge in [-0.25, -0.2) is 0 Å². The van der Waals surface area contributed by atoms with Crippen LogP contribution in [0.25, 0.3) is 0 Å². The molecule has 0 saturated carbocycles. The summed E-state index contributed by atoms with van der Waals surface area (Å²) in [5.41, 5.74) is 4.28. The first kappa shape index (κ1) is 30.4. The molecule has 1 fully saturated rings. The van der Waals surface area contributed by atoms with E-state index in [0.717, 1.165) is 24.3 Å². The van der Waals surface area contributed by atoms with Crippen LogP contribution in [0.1, 0.15) is 31.4 Å². The molecule has 0 radical (unpaired) electrons. The Hall–Kier alpha value is -4.15. The van der Waals surface area contributed by atoms with E-state index in [1.807, 2.05) is 30.9 Å². The van der Waals surface area contributed by atoms with Gasteiger partial charge in [0, 0.05) is 32.6 Å². The molecule has 0 bridgehead atoms. The van der Waals surface area contributed by atoms with Crippen LogP contribution in [0.5, 0.6) is 11.5 Å². The average Bonchev–Trinajstić information content (AvgIpc) is 2.92. The molecule has 1 saturated heterocycles. The Morgan fingerprint density at radius 2 is 1.77 bits per heavy atom. The van der Waals surface area contributed by atoms with Gasteiger partial charge in [-0.3, -0.25) is 14.5 Å². The highest BCUT2D eigenvalue weighted by Gasteiger charge is 2.56. The molecule has 40 heavy (non-hydrogen) atoms. The van der Waals surface area contributed by atoms with Gasteiger partial charge in [-0.15, -0.1) is 0 Å². The summed E-state index contributed by atoms with van der Waals surface area (Å²) in [6, 6.07) is 11.0. The van der Waals surface area contributed by atoms with Gasteiger partial charge in [0.25, 0.3) is 11.6 Å². The summed E-state index contributed by atoms with van der Waals surface area (Å²) < 4.78 is 50.3. The third-order valence-electron chi connectivity index (χ3n) is 6.62. The Bertz CT molecular complexity index is 1210. The number of allylic oxidation sites excluding steroid dienone is 3. The van der Waals surface area contributed by atoms with Crippen LogP contribution in [0.2, 0.25) is 0 Å². The molecule has 216 valence electrons. The highest BCUT2D eigenvalue weighted by atomic mass is 19.4. The average molecular weight is 561 g/mol. The second-order valence-corrected chi connectivity index (χ2v) is 9.18. The van der Waals surface area contributed by atoms with Gasteiger partial charge in [0.2, 0.25) is 5.91 Å². The topological polar surface area (TPSA) is 97.1 Å². The van der Waals surface area contributed by atoms with Crippen LogP contribution in [-0.2, 0) is 22.2 Å². The number of ether oxygens (including phenoxy) is 2. The van der Waals surface area contributed by atoms with E-state index in [4.69, 9.17) is 15.2 Å². The minimum absolute atomic E-state index is 0.00524. The fraction of sp³-hybridized carbons (Fsp3) is 0.379. The van der Waals surface area contributed by atoms with Crippen LogP contribution in [0.15, 0.2) is 72.6 Å². The normalized spacial score (nSPS) is 17.4. The number of methoxy groups -OCH3 is 1. The summed E-state index contributed by atoms with van der Waals surface area (Å²) in [5, 5.41) is 2.82. The number of carbonyl (C=O) groups is 2. The summed E-state index contributed by atoms with van der Waals surface area (Å²) in [7, 11) is 1.54. The van der Waals surface area contributed by atoms with Crippen molar-refractivity contribution in [2.24, 2.45) is 5.73 Å². The van der Waals surface area contributed by atoms with Crippen molar-refractivity contribution in [1.82, 2.24) is 15.1 Å². The summed E-state index contributed by atoms with van der Waals surface area (Å²) >= 11 is 0. The Balaban J connectivity index is 1.79. The Morgan fingerprint density at radius 3 is 2.30 bits per heavy atom. The smallest absolute Gasteiger partial charge is 0.416 e. The lowest BCUT2D eigenvalue weighted by Gasteiger charge is -2.50. The first-order valence-corrected chi connectivity index (χ1v) is 13.0. The van der Waals surface area contributed by atoms with Gasteiger partial charge in [-0.2, -0.15) is 13.2 Å². The van der Waals surface area contributed by atoms with Crippen molar-refractivity contribution in [3.63, 3.8) is 0 Å². The Kier molecular flexibility index (Phi) is 10.1. The molecule has 2 amide bonds. The third-order valence-corrected chi connectivity index (χ3v) is 6.62. The number of amides is 2. The number of hydrogen-bond donors (Lipinski definition) is 2. The molecule has 8 nitrogen and oxygen atoms in total. The van der Waals surface area contributed by atoms with Gasteiger partial charge >= 0.3 is 6.18 Å². The van der Waals surface area contributed by atoms with Crippen LogP contribution in [-0.4, -0.2) is 60.6 Å². The zero-order valence-electron chi connectivity index (χ0n) is 22.8. The minimum Gasteiger partial charge on any atom is -0.497 e. The molecule has 1 heterocycles. The molecule has 11 heteroatoms. The second kappa shape index (κ2) is 13.3. The Labute approximate surface area is 232 Å². The molecule has 3 N–H and O–H groups in total. The van der Waals surface area contributed by atoms with E-state index in [9.17, 15) is 22.8 Å². The van der Waals surface area contributed by atoms with Crippen molar-refractivity contribution in [2.45, 2.75) is 38.6 Å². The molecular weight excluding hydrogens is 525 g/mol. The molecule has 1 aliphatic rings. The van der Waals surface area contributed by atoms with E-state index >= 15 is 0 Å². The number of nitrogens with zero attached hydrogens (tertiary/aromatic N) is 2. The molecule has 0 spiro atoms. The molecule has 2 aromatic rings. The highest BCUT2D eigenvalue weighted by Crippen LogP contribution is 2.36. The van der Waals surface area contributed by atoms with Crippen LogP contribution >= 0.6 is 0 Å². The minimum atomic E-state index is -4.52. The van der Waals surface area contributed by atoms with Crippen LogP contribution in [0.4, 0.5) is 13.2 Å².